The van der Waals surface area contributed by atoms with Crippen molar-refractivity contribution in [1.82, 2.24) is 0 Å². The molecule has 0 spiro atoms. The lowest BCUT2D eigenvalue weighted by atomic mass is 9.92. The number of nitrogens with zero attached hydrogens (tertiary/aromatic N) is 1. The molecule has 0 aromatic heterocycles. The Bertz CT molecular complexity index is 872. The molecule has 1 N–H and O–H groups in total. The first-order valence-corrected chi connectivity index (χ1v) is 10.4. The number of ether oxygens (including phenoxy) is 2. The van der Waals surface area contributed by atoms with Crippen molar-refractivity contribution in [3.63, 3.8) is 0 Å². The first-order chi connectivity index (χ1) is 14.3. The molecule has 0 aliphatic carbocycles. The van der Waals surface area contributed by atoms with Gasteiger partial charge in [0.2, 0.25) is 5.91 Å². The predicted octanol–water partition coefficient (Wildman–Crippen LogP) is 4.44. The zero-order chi connectivity index (χ0) is 23.1. The Morgan fingerprint density at radius 1 is 1.35 bits per heavy atom. The Morgan fingerprint density at radius 3 is 2.61 bits per heavy atom. The average molecular weight is 442 g/mol. The van der Waals surface area contributed by atoms with E-state index in [0.29, 0.717) is 5.56 Å². The summed E-state index contributed by atoms with van der Waals surface area (Å²) >= 11 is 0. The summed E-state index contributed by atoms with van der Waals surface area (Å²) in [7, 11) is 0. The Labute approximate surface area is 180 Å². The lowest BCUT2D eigenvalue weighted by Crippen LogP contribution is -2.50. The molecule has 1 aromatic rings. The van der Waals surface area contributed by atoms with Gasteiger partial charge in [0, 0.05) is 12.8 Å². The number of amides is 2. The molecule has 2 atom stereocenters. The number of hydrogen-bond acceptors (Lipinski definition) is 4. The number of rotatable bonds is 4. The van der Waals surface area contributed by atoms with Gasteiger partial charge in [0.25, 0.3) is 11.8 Å². The molecule has 9 heteroatoms. The predicted molar refractivity (Wildman–Crippen MR) is 110 cm³/mol. The van der Waals surface area contributed by atoms with Crippen molar-refractivity contribution in [3.05, 3.63) is 17.4 Å². The number of aryl methyl sites for hydroxylation is 1. The number of hydrogen-bond donors (Lipinski definition) is 1. The maximum absolute atomic E-state index is 15.4. The number of alkyl halides is 2. The molecule has 0 bridgehead atoms. The normalized spacial score (nSPS) is 23.2. The second-order valence-corrected chi connectivity index (χ2v) is 9.55. The van der Waals surface area contributed by atoms with Crippen molar-refractivity contribution in [1.29, 1.82) is 0 Å². The fourth-order valence-electron chi connectivity index (χ4n) is 3.74. The Hall–Kier alpha value is -2.29. The van der Waals surface area contributed by atoms with Crippen LogP contribution in [0.2, 0.25) is 0 Å². The summed E-state index contributed by atoms with van der Waals surface area (Å²) in [5.41, 5.74) is 0.356. The number of fused-ring (bicyclic) bond motifs is 1. The monoisotopic (exact) mass is 442 g/mol. The van der Waals surface area contributed by atoms with Crippen LogP contribution in [0.15, 0.2) is 6.07 Å². The quantitative estimate of drug-likeness (QED) is 0.749. The van der Waals surface area contributed by atoms with Crippen LogP contribution in [0.25, 0.3) is 0 Å². The SMILES string of the molecule is Cc1cc2c(c(F)c1NC(=O)CC(C)(C)C)OC(C)C(=O)N2CC1CCC(F)(F)CO1. The van der Waals surface area contributed by atoms with Gasteiger partial charge in [0.15, 0.2) is 17.7 Å². The van der Waals surface area contributed by atoms with Crippen molar-refractivity contribution in [2.24, 2.45) is 5.41 Å². The van der Waals surface area contributed by atoms with Crippen LogP contribution in [0.4, 0.5) is 24.5 Å². The van der Waals surface area contributed by atoms with E-state index in [1.54, 1.807) is 13.0 Å². The summed E-state index contributed by atoms with van der Waals surface area (Å²) in [5.74, 6) is -4.53. The number of benzene rings is 1. The second-order valence-electron chi connectivity index (χ2n) is 9.55. The molecule has 1 aromatic carbocycles. The maximum atomic E-state index is 15.4. The summed E-state index contributed by atoms with van der Waals surface area (Å²) in [4.78, 5) is 26.4. The third-order valence-electron chi connectivity index (χ3n) is 5.30. The highest BCUT2D eigenvalue weighted by Crippen LogP contribution is 2.42. The minimum atomic E-state index is -2.88. The van der Waals surface area contributed by atoms with E-state index in [2.05, 4.69) is 5.32 Å². The van der Waals surface area contributed by atoms with Gasteiger partial charge in [-0.05, 0) is 37.3 Å². The van der Waals surface area contributed by atoms with Crippen LogP contribution in [0.3, 0.4) is 0 Å². The molecule has 2 amide bonds. The zero-order valence-electron chi connectivity index (χ0n) is 18.5. The molecule has 2 heterocycles. The van der Waals surface area contributed by atoms with Gasteiger partial charge in [0.1, 0.15) is 6.61 Å². The highest BCUT2D eigenvalue weighted by molar-refractivity contribution is 6.01. The highest BCUT2D eigenvalue weighted by atomic mass is 19.3. The van der Waals surface area contributed by atoms with E-state index >= 15 is 4.39 Å². The minimum absolute atomic E-state index is 0.00283. The van der Waals surface area contributed by atoms with Gasteiger partial charge in [-0.2, -0.15) is 0 Å². The second kappa shape index (κ2) is 8.33. The standard InChI is InChI=1S/C22H29F3N2O4/c1-12-8-15-19(17(23)18(12)26-16(28)9-21(3,4)5)31-13(2)20(29)27(15)10-14-6-7-22(24,25)11-30-14/h8,13-14H,6-7,9-11H2,1-5H3,(H,26,28). The van der Waals surface area contributed by atoms with E-state index in [-0.39, 0.29) is 54.3 Å². The van der Waals surface area contributed by atoms with Crippen LogP contribution >= 0.6 is 0 Å². The van der Waals surface area contributed by atoms with Crippen LogP contribution in [0.1, 0.15) is 52.5 Å². The van der Waals surface area contributed by atoms with Gasteiger partial charge < -0.3 is 19.7 Å². The summed E-state index contributed by atoms with van der Waals surface area (Å²) < 4.78 is 52.9. The van der Waals surface area contributed by atoms with Gasteiger partial charge >= 0.3 is 0 Å². The molecule has 1 saturated heterocycles. The molecule has 172 valence electrons. The largest absolute Gasteiger partial charge is 0.476 e. The van der Waals surface area contributed by atoms with E-state index in [4.69, 9.17) is 9.47 Å². The molecular weight excluding hydrogens is 413 g/mol. The van der Waals surface area contributed by atoms with Crippen LogP contribution in [0.5, 0.6) is 5.75 Å². The lowest BCUT2D eigenvalue weighted by molar-refractivity contribution is -0.143. The molecule has 2 aliphatic rings. The molecule has 31 heavy (non-hydrogen) atoms. The number of anilines is 2. The van der Waals surface area contributed by atoms with E-state index < -0.39 is 36.5 Å². The van der Waals surface area contributed by atoms with Crippen molar-refractivity contribution < 1.29 is 32.2 Å². The molecule has 0 saturated carbocycles. The lowest BCUT2D eigenvalue weighted by Gasteiger charge is -2.37. The van der Waals surface area contributed by atoms with E-state index in [1.807, 2.05) is 20.8 Å². The van der Waals surface area contributed by atoms with E-state index in [9.17, 15) is 18.4 Å². The third kappa shape index (κ3) is 5.31. The fourth-order valence-corrected chi connectivity index (χ4v) is 3.74. The Balaban J connectivity index is 1.88. The van der Waals surface area contributed by atoms with Crippen molar-refractivity contribution in [3.8, 4) is 5.75 Å². The fraction of sp³-hybridized carbons (Fsp3) is 0.636. The smallest absolute Gasteiger partial charge is 0.271 e. The Morgan fingerprint density at radius 2 is 2.03 bits per heavy atom. The topological polar surface area (TPSA) is 67.9 Å². The molecule has 2 aliphatic heterocycles. The molecule has 1 fully saturated rings. The van der Waals surface area contributed by atoms with Crippen molar-refractivity contribution >= 4 is 23.2 Å². The van der Waals surface area contributed by atoms with Gasteiger partial charge in [0.05, 0.1) is 24.0 Å². The summed E-state index contributed by atoms with van der Waals surface area (Å²) in [6, 6.07) is 1.56. The zero-order valence-corrected chi connectivity index (χ0v) is 18.5. The Kier molecular flexibility index (Phi) is 6.28. The van der Waals surface area contributed by atoms with Crippen LogP contribution < -0.4 is 15.0 Å². The van der Waals surface area contributed by atoms with Crippen LogP contribution in [-0.2, 0) is 14.3 Å². The number of carbonyl (C=O) groups is 2. The van der Waals surface area contributed by atoms with Gasteiger partial charge in [-0.15, -0.1) is 0 Å². The maximum Gasteiger partial charge on any atom is 0.271 e. The number of carbonyl (C=O) groups excluding carboxylic acids is 2. The first kappa shape index (κ1) is 23.4. The summed E-state index contributed by atoms with van der Waals surface area (Å²) in [6.45, 7) is 8.13. The summed E-state index contributed by atoms with van der Waals surface area (Å²) in [5, 5.41) is 2.61. The van der Waals surface area contributed by atoms with Crippen molar-refractivity contribution in [2.45, 2.75) is 72.0 Å². The number of halogens is 3. The summed E-state index contributed by atoms with van der Waals surface area (Å²) in [6.07, 6.45) is -1.59. The van der Waals surface area contributed by atoms with Crippen LogP contribution in [-0.4, -0.2) is 43.1 Å². The molecule has 3 rings (SSSR count). The van der Waals surface area contributed by atoms with Gasteiger partial charge in [-0.25, -0.2) is 13.2 Å². The van der Waals surface area contributed by atoms with Crippen molar-refractivity contribution in [2.75, 3.05) is 23.4 Å². The minimum Gasteiger partial charge on any atom is -0.476 e. The molecular formula is C22H29F3N2O4. The van der Waals surface area contributed by atoms with E-state index in [0.717, 1.165) is 0 Å². The molecule has 2 unspecified atom stereocenters. The molecule has 6 nitrogen and oxygen atoms in total. The average Bonchev–Trinajstić information content (AvgIpc) is 2.63. The van der Waals surface area contributed by atoms with Gasteiger partial charge in [-0.3, -0.25) is 9.59 Å². The third-order valence-corrected chi connectivity index (χ3v) is 5.30. The molecule has 0 radical (unpaired) electrons. The highest BCUT2D eigenvalue weighted by Gasteiger charge is 2.40. The van der Waals surface area contributed by atoms with Gasteiger partial charge in [-0.1, -0.05) is 20.8 Å². The first-order valence-electron chi connectivity index (χ1n) is 10.4. The van der Waals surface area contributed by atoms with Crippen LogP contribution in [0, 0.1) is 18.2 Å². The number of nitrogens with one attached hydrogen (secondary N) is 1. The van der Waals surface area contributed by atoms with E-state index in [1.165, 1.54) is 11.8 Å².